The van der Waals surface area contributed by atoms with Gasteiger partial charge in [0.15, 0.2) is 0 Å². The molecule has 0 saturated heterocycles. The molecule has 0 amide bonds. The molecule has 0 bridgehead atoms. The first-order valence-electron chi connectivity index (χ1n) is 8.90. The van der Waals surface area contributed by atoms with Gasteiger partial charge in [-0.05, 0) is 53.4 Å². The van der Waals surface area contributed by atoms with Gasteiger partial charge in [0.05, 0.1) is 5.39 Å². The van der Waals surface area contributed by atoms with Crippen molar-refractivity contribution in [2.45, 2.75) is 58.3 Å². The van der Waals surface area contributed by atoms with Crippen molar-refractivity contribution in [1.29, 1.82) is 0 Å². The fourth-order valence-corrected chi connectivity index (χ4v) is 6.77. The molecule has 3 aliphatic carbocycles. The van der Waals surface area contributed by atoms with E-state index in [1.165, 1.54) is 18.4 Å². The first-order chi connectivity index (χ1) is 10.8. The van der Waals surface area contributed by atoms with Crippen molar-refractivity contribution in [3.63, 3.8) is 0 Å². The molecule has 2 fully saturated rings. The zero-order valence-corrected chi connectivity index (χ0v) is 14.4. The van der Waals surface area contributed by atoms with Gasteiger partial charge in [-0.25, -0.2) is 4.79 Å². The van der Waals surface area contributed by atoms with Crippen molar-refractivity contribution in [1.82, 2.24) is 0 Å². The highest BCUT2D eigenvalue weighted by Gasteiger charge is 2.83. The van der Waals surface area contributed by atoms with Crippen LogP contribution < -0.4 is 5.63 Å². The molecule has 23 heavy (non-hydrogen) atoms. The number of hydrogen-bond donors (Lipinski definition) is 0. The van der Waals surface area contributed by atoms with Crippen LogP contribution in [0.3, 0.4) is 0 Å². The third-order valence-electron chi connectivity index (χ3n) is 7.71. The molecule has 1 aromatic carbocycles. The van der Waals surface area contributed by atoms with Crippen LogP contribution in [0.2, 0.25) is 0 Å². The Morgan fingerprint density at radius 1 is 1.22 bits per heavy atom. The summed E-state index contributed by atoms with van der Waals surface area (Å²) in [5.74, 6) is 2.21. The van der Waals surface area contributed by atoms with E-state index in [1.54, 1.807) is 0 Å². The van der Waals surface area contributed by atoms with Gasteiger partial charge in [0.2, 0.25) is 0 Å². The van der Waals surface area contributed by atoms with Crippen molar-refractivity contribution in [3.8, 4) is 0 Å². The van der Waals surface area contributed by atoms with Crippen LogP contribution in [0.4, 0.5) is 0 Å². The zero-order valence-electron chi connectivity index (χ0n) is 14.4. The molecule has 3 aliphatic rings. The third kappa shape index (κ3) is 1.22. The zero-order chi connectivity index (χ0) is 16.2. The summed E-state index contributed by atoms with van der Waals surface area (Å²) in [5, 5.41) is 1.90. The molecule has 2 saturated carbocycles. The fraction of sp³-hybridized carbons (Fsp3) is 0.571. The molecule has 2 aromatic rings. The van der Waals surface area contributed by atoms with Crippen LogP contribution in [0, 0.1) is 16.7 Å². The van der Waals surface area contributed by atoms with Crippen LogP contribution in [0.25, 0.3) is 10.8 Å². The first kappa shape index (κ1) is 13.8. The molecule has 0 aliphatic heterocycles. The van der Waals surface area contributed by atoms with Crippen molar-refractivity contribution < 1.29 is 4.42 Å². The van der Waals surface area contributed by atoms with E-state index < -0.39 is 0 Å². The van der Waals surface area contributed by atoms with Crippen LogP contribution in [-0.2, 0) is 5.41 Å². The Morgan fingerprint density at radius 3 is 2.57 bits per heavy atom. The lowest BCUT2D eigenvalue weighted by Crippen LogP contribution is -2.71. The SMILES string of the molecule is CC(C)CC12CC3(C)CC(c4c1oc(=O)c1ccccc41)C32C. The molecule has 0 spiro atoms. The monoisotopic (exact) mass is 308 g/mol. The van der Waals surface area contributed by atoms with Crippen molar-refractivity contribution in [2.24, 2.45) is 16.7 Å². The van der Waals surface area contributed by atoms with Crippen LogP contribution in [0.1, 0.15) is 64.2 Å². The van der Waals surface area contributed by atoms with E-state index in [9.17, 15) is 4.79 Å². The third-order valence-corrected chi connectivity index (χ3v) is 7.71. The Balaban J connectivity index is 1.87. The van der Waals surface area contributed by atoms with Crippen molar-refractivity contribution >= 4 is 10.8 Å². The lowest BCUT2D eigenvalue weighted by atomic mass is 9.27. The predicted molar refractivity (Wildman–Crippen MR) is 91.8 cm³/mol. The molecular formula is C21H24O2. The van der Waals surface area contributed by atoms with Gasteiger partial charge in [-0.15, -0.1) is 0 Å². The molecule has 2 nitrogen and oxygen atoms in total. The quantitative estimate of drug-likeness (QED) is 0.782. The number of rotatable bonds is 2. The molecule has 5 rings (SSSR count). The normalized spacial score (nSPS) is 39.8. The van der Waals surface area contributed by atoms with E-state index in [0.717, 1.165) is 23.0 Å². The maximum atomic E-state index is 12.6. The highest BCUT2D eigenvalue weighted by Crippen LogP contribution is 2.88. The van der Waals surface area contributed by atoms with Crippen molar-refractivity contribution in [2.75, 3.05) is 0 Å². The molecule has 4 unspecified atom stereocenters. The van der Waals surface area contributed by atoms with E-state index in [-0.39, 0.29) is 16.5 Å². The molecule has 0 radical (unpaired) electrons. The summed E-state index contributed by atoms with van der Waals surface area (Å²) in [6.45, 7) is 9.48. The summed E-state index contributed by atoms with van der Waals surface area (Å²) in [6.07, 6.45) is 3.55. The van der Waals surface area contributed by atoms with Gasteiger partial charge >= 0.3 is 5.63 Å². The molecule has 2 heteroatoms. The Kier molecular flexibility index (Phi) is 2.25. The van der Waals surface area contributed by atoms with Crippen LogP contribution in [-0.4, -0.2) is 0 Å². The molecule has 4 atom stereocenters. The lowest BCUT2D eigenvalue weighted by molar-refractivity contribution is -0.243. The highest BCUT2D eigenvalue weighted by atomic mass is 16.4. The average Bonchev–Trinajstić information content (AvgIpc) is 2.60. The van der Waals surface area contributed by atoms with Gasteiger partial charge in [-0.2, -0.15) is 0 Å². The minimum atomic E-state index is -0.152. The topological polar surface area (TPSA) is 30.2 Å². The van der Waals surface area contributed by atoms with Crippen LogP contribution in [0.15, 0.2) is 33.5 Å². The molecule has 1 aromatic heterocycles. The van der Waals surface area contributed by atoms with Crippen LogP contribution >= 0.6 is 0 Å². The fourth-order valence-electron chi connectivity index (χ4n) is 6.77. The largest absolute Gasteiger partial charge is 0.427 e. The average molecular weight is 308 g/mol. The molecule has 120 valence electrons. The van der Waals surface area contributed by atoms with Gasteiger partial charge in [-0.3, -0.25) is 0 Å². The Hall–Kier alpha value is -1.57. The minimum absolute atomic E-state index is 0.0807. The van der Waals surface area contributed by atoms with E-state index in [1.807, 2.05) is 12.1 Å². The smallest absolute Gasteiger partial charge is 0.343 e. The second-order valence-corrected chi connectivity index (χ2v) is 9.05. The first-order valence-corrected chi connectivity index (χ1v) is 8.90. The minimum Gasteiger partial charge on any atom is -0.427 e. The van der Waals surface area contributed by atoms with Crippen LogP contribution in [0.5, 0.6) is 0 Å². The van der Waals surface area contributed by atoms with Gasteiger partial charge in [0.25, 0.3) is 0 Å². The number of benzene rings is 1. The lowest BCUT2D eigenvalue weighted by Gasteiger charge is -2.76. The number of fused-ring (bicyclic) bond motifs is 5. The summed E-state index contributed by atoms with van der Waals surface area (Å²) < 4.78 is 6.02. The molecular weight excluding hydrogens is 284 g/mol. The van der Waals surface area contributed by atoms with E-state index in [2.05, 4.69) is 39.8 Å². The summed E-state index contributed by atoms with van der Waals surface area (Å²) in [4.78, 5) is 12.6. The van der Waals surface area contributed by atoms with E-state index in [0.29, 0.717) is 17.3 Å². The van der Waals surface area contributed by atoms with Gasteiger partial charge in [0, 0.05) is 11.0 Å². The summed E-state index contributed by atoms with van der Waals surface area (Å²) in [6, 6.07) is 8.03. The Labute approximate surface area is 136 Å². The van der Waals surface area contributed by atoms with Gasteiger partial charge < -0.3 is 4.42 Å². The molecule has 0 N–H and O–H groups in total. The summed E-state index contributed by atoms with van der Waals surface area (Å²) in [7, 11) is 0. The van der Waals surface area contributed by atoms with Crippen molar-refractivity contribution in [3.05, 3.63) is 46.0 Å². The van der Waals surface area contributed by atoms with E-state index >= 15 is 0 Å². The van der Waals surface area contributed by atoms with Gasteiger partial charge in [-0.1, -0.05) is 45.9 Å². The van der Waals surface area contributed by atoms with E-state index in [4.69, 9.17) is 4.42 Å². The Morgan fingerprint density at radius 2 is 1.91 bits per heavy atom. The second kappa shape index (κ2) is 3.74. The van der Waals surface area contributed by atoms with Gasteiger partial charge in [0.1, 0.15) is 5.76 Å². The number of hydrogen-bond acceptors (Lipinski definition) is 2. The predicted octanol–water partition coefficient (Wildman–Crippen LogP) is 4.99. The maximum Gasteiger partial charge on any atom is 0.343 e. The summed E-state index contributed by atoms with van der Waals surface area (Å²) in [5.41, 5.74) is 1.98. The Bertz CT molecular complexity index is 904. The maximum absolute atomic E-state index is 12.6. The standard InChI is InChI=1S/C21H24O2/c1-12(2)9-21-11-19(3)10-15(20(19,21)4)16-13-7-5-6-8-14(13)18(22)23-17(16)21/h5-8,12,15H,9-11H2,1-4H3. The summed E-state index contributed by atoms with van der Waals surface area (Å²) >= 11 is 0. The highest BCUT2D eigenvalue weighted by molar-refractivity contribution is 5.87. The second-order valence-electron chi connectivity index (χ2n) is 9.05. The molecule has 1 heterocycles.